The first-order valence-electron chi connectivity index (χ1n) is 8.25. The number of amides is 1. The SMILES string of the molecule is COC(=O)CC(Cc1ccccc1)NC(=O)CCc1ccc(O)cc1. The van der Waals surface area contributed by atoms with Gasteiger partial charge >= 0.3 is 5.97 Å². The molecule has 0 aliphatic rings. The summed E-state index contributed by atoms with van der Waals surface area (Å²) in [6.07, 6.45) is 1.59. The summed E-state index contributed by atoms with van der Waals surface area (Å²) in [7, 11) is 1.34. The molecule has 1 unspecified atom stereocenters. The highest BCUT2D eigenvalue weighted by Gasteiger charge is 2.17. The number of carbonyl (C=O) groups excluding carboxylic acids is 2. The number of benzene rings is 2. The summed E-state index contributed by atoms with van der Waals surface area (Å²) in [5, 5.41) is 12.2. The van der Waals surface area contributed by atoms with E-state index in [0.29, 0.717) is 19.3 Å². The van der Waals surface area contributed by atoms with E-state index < -0.39 is 0 Å². The number of phenolic OH excluding ortho intramolecular Hbond substituents is 1. The molecule has 1 atom stereocenters. The topological polar surface area (TPSA) is 75.6 Å². The number of nitrogens with one attached hydrogen (secondary N) is 1. The maximum atomic E-state index is 12.2. The lowest BCUT2D eigenvalue weighted by Gasteiger charge is -2.18. The number of esters is 1. The van der Waals surface area contributed by atoms with Crippen LogP contribution < -0.4 is 5.32 Å². The lowest BCUT2D eigenvalue weighted by atomic mass is 10.0. The molecule has 2 N–H and O–H groups in total. The largest absolute Gasteiger partial charge is 0.508 e. The summed E-state index contributed by atoms with van der Waals surface area (Å²) in [6.45, 7) is 0. The number of rotatable bonds is 8. The molecule has 5 heteroatoms. The van der Waals surface area contributed by atoms with Crippen molar-refractivity contribution in [1.82, 2.24) is 5.32 Å². The van der Waals surface area contributed by atoms with Gasteiger partial charge in [0.1, 0.15) is 5.75 Å². The van der Waals surface area contributed by atoms with Crippen LogP contribution in [-0.2, 0) is 27.2 Å². The fraction of sp³-hybridized carbons (Fsp3) is 0.300. The van der Waals surface area contributed by atoms with E-state index in [2.05, 4.69) is 5.32 Å². The van der Waals surface area contributed by atoms with Crippen molar-refractivity contribution >= 4 is 11.9 Å². The summed E-state index contributed by atoms with van der Waals surface area (Å²) < 4.78 is 4.73. The minimum absolute atomic E-state index is 0.113. The smallest absolute Gasteiger partial charge is 0.307 e. The highest BCUT2D eigenvalue weighted by molar-refractivity contribution is 5.78. The van der Waals surface area contributed by atoms with Crippen LogP contribution >= 0.6 is 0 Å². The molecule has 5 nitrogen and oxygen atoms in total. The van der Waals surface area contributed by atoms with Gasteiger partial charge < -0.3 is 15.2 Å². The van der Waals surface area contributed by atoms with E-state index >= 15 is 0 Å². The Balaban J connectivity index is 1.91. The molecule has 0 spiro atoms. The van der Waals surface area contributed by atoms with Crippen molar-refractivity contribution in [2.75, 3.05) is 7.11 Å². The Morgan fingerprint density at radius 2 is 1.72 bits per heavy atom. The Hall–Kier alpha value is -2.82. The van der Waals surface area contributed by atoms with Crippen molar-refractivity contribution in [3.8, 4) is 5.75 Å². The van der Waals surface area contributed by atoms with Crippen molar-refractivity contribution in [2.45, 2.75) is 31.7 Å². The lowest BCUT2D eigenvalue weighted by molar-refractivity contribution is -0.141. The van der Waals surface area contributed by atoms with E-state index in [1.54, 1.807) is 24.3 Å². The lowest BCUT2D eigenvalue weighted by Crippen LogP contribution is -2.38. The molecule has 2 rings (SSSR count). The summed E-state index contributed by atoms with van der Waals surface area (Å²) >= 11 is 0. The second kappa shape index (κ2) is 9.47. The van der Waals surface area contributed by atoms with Crippen molar-refractivity contribution in [3.05, 3.63) is 65.7 Å². The predicted octanol–water partition coefficient (Wildman–Crippen LogP) is 2.62. The third-order valence-corrected chi connectivity index (χ3v) is 3.91. The second-order valence-electron chi connectivity index (χ2n) is 5.90. The number of hydrogen-bond acceptors (Lipinski definition) is 4. The Morgan fingerprint density at radius 1 is 1.04 bits per heavy atom. The van der Waals surface area contributed by atoms with Gasteiger partial charge in [-0.25, -0.2) is 0 Å². The summed E-state index contributed by atoms with van der Waals surface area (Å²) in [5.41, 5.74) is 2.02. The van der Waals surface area contributed by atoms with Crippen molar-refractivity contribution in [2.24, 2.45) is 0 Å². The van der Waals surface area contributed by atoms with E-state index in [9.17, 15) is 14.7 Å². The monoisotopic (exact) mass is 341 g/mol. The Bertz CT molecular complexity index is 683. The zero-order valence-corrected chi connectivity index (χ0v) is 14.3. The van der Waals surface area contributed by atoms with Crippen molar-refractivity contribution in [1.29, 1.82) is 0 Å². The minimum atomic E-state index is -0.347. The average Bonchev–Trinajstić information content (AvgIpc) is 2.62. The molecule has 0 aromatic heterocycles. The van der Waals surface area contributed by atoms with Crippen molar-refractivity contribution in [3.63, 3.8) is 0 Å². The molecular formula is C20H23NO4. The molecule has 0 aliphatic carbocycles. The highest BCUT2D eigenvalue weighted by Crippen LogP contribution is 2.12. The van der Waals surface area contributed by atoms with Gasteiger partial charge in [0.15, 0.2) is 0 Å². The van der Waals surface area contributed by atoms with Gasteiger partial charge in [-0.05, 0) is 36.1 Å². The first-order valence-corrected chi connectivity index (χ1v) is 8.25. The molecule has 2 aromatic carbocycles. The van der Waals surface area contributed by atoms with E-state index in [-0.39, 0.29) is 30.1 Å². The standard InChI is InChI=1S/C20H23NO4/c1-25-20(24)14-17(13-16-5-3-2-4-6-16)21-19(23)12-9-15-7-10-18(22)11-8-15/h2-8,10-11,17,22H,9,12-14H2,1H3,(H,21,23). The number of hydrogen-bond donors (Lipinski definition) is 2. The molecule has 0 fully saturated rings. The maximum Gasteiger partial charge on any atom is 0.307 e. The molecule has 0 saturated heterocycles. The van der Waals surface area contributed by atoms with Gasteiger partial charge in [-0.3, -0.25) is 9.59 Å². The molecular weight excluding hydrogens is 318 g/mol. The summed E-state index contributed by atoms with van der Waals surface area (Å²) in [6, 6.07) is 16.2. The van der Waals surface area contributed by atoms with Gasteiger partial charge in [-0.2, -0.15) is 0 Å². The van der Waals surface area contributed by atoms with Crippen LogP contribution in [0.2, 0.25) is 0 Å². The number of carbonyl (C=O) groups is 2. The molecule has 2 aromatic rings. The van der Waals surface area contributed by atoms with E-state index in [4.69, 9.17) is 4.74 Å². The Morgan fingerprint density at radius 3 is 2.36 bits per heavy atom. The van der Waals surface area contributed by atoms with Crippen LogP contribution in [0.15, 0.2) is 54.6 Å². The van der Waals surface area contributed by atoms with Gasteiger partial charge in [0.2, 0.25) is 5.91 Å². The van der Waals surface area contributed by atoms with Gasteiger partial charge in [0, 0.05) is 12.5 Å². The molecule has 0 saturated carbocycles. The Labute approximate surface area is 147 Å². The second-order valence-corrected chi connectivity index (χ2v) is 5.90. The molecule has 0 bridgehead atoms. The van der Waals surface area contributed by atoms with Gasteiger partial charge in [-0.1, -0.05) is 42.5 Å². The van der Waals surface area contributed by atoms with Crippen LogP contribution in [0, 0.1) is 0 Å². The van der Waals surface area contributed by atoms with Crippen LogP contribution in [0.1, 0.15) is 24.0 Å². The van der Waals surface area contributed by atoms with Crippen LogP contribution in [-0.4, -0.2) is 30.1 Å². The number of aromatic hydroxyl groups is 1. The molecule has 132 valence electrons. The van der Waals surface area contributed by atoms with Crippen LogP contribution in [0.4, 0.5) is 0 Å². The van der Waals surface area contributed by atoms with Gasteiger partial charge in [0.25, 0.3) is 0 Å². The van der Waals surface area contributed by atoms with E-state index in [1.165, 1.54) is 7.11 Å². The van der Waals surface area contributed by atoms with E-state index in [1.807, 2.05) is 30.3 Å². The number of ether oxygens (including phenoxy) is 1. The zero-order chi connectivity index (χ0) is 18.1. The highest BCUT2D eigenvalue weighted by atomic mass is 16.5. The first-order chi connectivity index (χ1) is 12.1. The van der Waals surface area contributed by atoms with Crippen molar-refractivity contribution < 1.29 is 19.4 Å². The summed E-state index contributed by atoms with van der Waals surface area (Å²) in [4.78, 5) is 23.8. The van der Waals surface area contributed by atoms with Gasteiger partial charge in [-0.15, -0.1) is 0 Å². The fourth-order valence-corrected chi connectivity index (χ4v) is 2.58. The number of methoxy groups -OCH3 is 1. The summed E-state index contributed by atoms with van der Waals surface area (Å²) in [5.74, 6) is -0.258. The third-order valence-electron chi connectivity index (χ3n) is 3.91. The number of aryl methyl sites for hydroxylation is 1. The third kappa shape index (κ3) is 6.67. The minimum Gasteiger partial charge on any atom is -0.508 e. The molecule has 0 aliphatic heterocycles. The first kappa shape index (κ1) is 18.5. The quantitative estimate of drug-likeness (QED) is 0.724. The van der Waals surface area contributed by atoms with Gasteiger partial charge in [0.05, 0.1) is 13.5 Å². The normalized spacial score (nSPS) is 11.6. The van der Waals surface area contributed by atoms with Crippen LogP contribution in [0.25, 0.3) is 0 Å². The maximum absolute atomic E-state index is 12.2. The molecule has 1 amide bonds. The Kier molecular flexibility index (Phi) is 7.01. The molecule has 0 heterocycles. The van der Waals surface area contributed by atoms with Crippen LogP contribution in [0.5, 0.6) is 5.75 Å². The zero-order valence-electron chi connectivity index (χ0n) is 14.3. The average molecular weight is 341 g/mol. The molecule has 0 radical (unpaired) electrons. The van der Waals surface area contributed by atoms with Crippen LogP contribution in [0.3, 0.4) is 0 Å². The van der Waals surface area contributed by atoms with E-state index in [0.717, 1.165) is 11.1 Å². The predicted molar refractivity (Wildman–Crippen MR) is 95.1 cm³/mol. The fourth-order valence-electron chi connectivity index (χ4n) is 2.58. The number of phenols is 1. The molecule has 25 heavy (non-hydrogen) atoms.